The van der Waals surface area contributed by atoms with Crippen molar-refractivity contribution in [2.45, 2.75) is 79.4 Å². The molecule has 13 heteroatoms. The van der Waals surface area contributed by atoms with Crippen molar-refractivity contribution in [2.75, 3.05) is 29.8 Å². The summed E-state index contributed by atoms with van der Waals surface area (Å²) in [6, 6.07) is 11.5. The number of carbonyl (C=O) groups is 1. The zero-order valence-electron chi connectivity index (χ0n) is 29.8. The van der Waals surface area contributed by atoms with Crippen molar-refractivity contribution in [1.29, 1.82) is 0 Å². The van der Waals surface area contributed by atoms with Gasteiger partial charge < -0.3 is 14.5 Å². The average Bonchev–Trinajstić information content (AvgIpc) is 3.00. The summed E-state index contributed by atoms with van der Waals surface area (Å²) in [6.07, 6.45) is 3.90. The molecule has 5 rings (SSSR count). The highest BCUT2D eigenvalue weighted by molar-refractivity contribution is 7.92. The normalized spacial score (nSPS) is 16.5. The van der Waals surface area contributed by atoms with Gasteiger partial charge in [0.05, 0.1) is 36.4 Å². The highest BCUT2D eigenvalue weighted by atomic mass is 32.2. The molecule has 1 aliphatic heterocycles. The van der Waals surface area contributed by atoms with E-state index in [1.807, 2.05) is 44.0 Å². The first kappa shape index (κ1) is 35.7. The highest BCUT2D eigenvalue weighted by Crippen LogP contribution is 2.31. The Morgan fingerprint density at radius 1 is 0.918 bits per heavy atom. The van der Waals surface area contributed by atoms with Crippen LogP contribution in [-0.2, 0) is 16.6 Å². The van der Waals surface area contributed by atoms with Gasteiger partial charge in [-0.1, -0.05) is 65.8 Å². The molecule has 0 saturated carbocycles. The minimum Gasteiger partial charge on any atom is -0.475 e. The lowest BCUT2D eigenvalue weighted by molar-refractivity contribution is 0.0503. The van der Waals surface area contributed by atoms with Gasteiger partial charge in [-0.3, -0.25) is 9.78 Å². The number of aromatic nitrogens is 5. The second-order valence-electron chi connectivity index (χ2n) is 15.1. The maximum absolute atomic E-state index is 14.4. The second-order valence-corrected chi connectivity index (χ2v) is 16.7. The molecule has 0 aliphatic carbocycles. The Balaban J connectivity index is 1.64. The highest BCUT2D eigenvalue weighted by Gasteiger charge is 2.33. The predicted octanol–water partition coefficient (Wildman–Crippen LogP) is 6.07. The van der Waals surface area contributed by atoms with Gasteiger partial charge in [-0.25, -0.2) is 19.7 Å². The molecule has 4 aromatic rings. The van der Waals surface area contributed by atoms with Gasteiger partial charge in [0.15, 0.2) is 5.03 Å². The molecule has 0 spiro atoms. The molecular formula is C36H46N8O4S. The molecule has 260 valence electrons. The molecule has 0 unspecified atom stereocenters. The molecule has 12 nitrogen and oxygen atoms in total. The third-order valence-electron chi connectivity index (χ3n) is 7.96. The van der Waals surface area contributed by atoms with Crippen LogP contribution in [0.15, 0.2) is 59.9 Å². The molecular weight excluding hydrogens is 641 g/mol. The van der Waals surface area contributed by atoms with Crippen molar-refractivity contribution in [1.82, 2.24) is 29.8 Å². The number of amides is 1. The summed E-state index contributed by atoms with van der Waals surface area (Å²) in [5.74, 6) is 0.224. The van der Waals surface area contributed by atoms with Crippen LogP contribution in [0.2, 0.25) is 0 Å². The van der Waals surface area contributed by atoms with Crippen LogP contribution in [0.5, 0.6) is 5.88 Å². The molecule has 1 aromatic carbocycles. The van der Waals surface area contributed by atoms with E-state index in [4.69, 9.17) is 9.72 Å². The topological polar surface area (TPSA) is 143 Å². The van der Waals surface area contributed by atoms with Crippen molar-refractivity contribution < 1.29 is 17.9 Å². The van der Waals surface area contributed by atoms with Gasteiger partial charge in [-0.2, -0.15) is 13.4 Å². The van der Waals surface area contributed by atoms with E-state index in [0.717, 1.165) is 23.2 Å². The number of rotatable bonds is 6. The fraction of sp³-hybridized carbons (Fsp3) is 0.444. The third kappa shape index (κ3) is 8.88. The van der Waals surface area contributed by atoms with Crippen LogP contribution in [0, 0.1) is 24.7 Å². The zero-order valence-corrected chi connectivity index (χ0v) is 30.6. The monoisotopic (exact) mass is 686 g/mol. The van der Waals surface area contributed by atoms with Crippen molar-refractivity contribution >= 4 is 27.7 Å². The summed E-state index contributed by atoms with van der Waals surface area (Å²) >= 11 is 0. The van der Waals surface area contributed by atoms with Crippen LogP contribution in [0.1, 0.15) is 75.3 Å². The van der Waals surface area contributed by atoms with Gasteiger partial charge in [0, 0.05) is 25.2 Å². The molecule has 0 radical (unpaired) electrons. The van der Waals surface area contributed by atoms with Gasteiger partial charge in [0.2, 0.25) is 11.8 Å². The van der Waals surface area contributed by atoms with Crippen molar-refractivity contribution in [3.05, 3.63) is 77.4 Å². The Morgan fingerprint density at radius 2 is 1.61 bits per heavy atom. The van der Waals surface area contributed by atoms with E-state index in [-0.39, 0.29) is 46.5 Å². The first-order valence-corrected chi connectivity index (χ1v) is 17.8. The third-order valence-corrected chi connectivity index (χ3v) is 9.19. The van der Waals surface area contributed by atoms with E-state index in [1.165, 1.54) is 18.2 Å². The molecule has 3 aromatic heterocycles. The number of carbonyl (C=O) groups excluding carboxylic acids is 1. The number of sulfonamides is 1. The smallest absolute Gasteiger partial charge is 0.281 e. The Hall–Kier alpha value is -4.65. The van der Waals surface area contributed by atoms with Crippen LogP contribution in [0.3, 0.4) is 0 Å². The number of pyridine rings is 1. The van der Waals surface area contributed by atoms with E-state index in [1.54, 1.807) is 23.4 Å². The summed E-state index contributed by atoms with van der Waals surface area (Å²) in [5, 5.41) is -0.334. The first-order valence-electron chi connectivity index (χ1n) is 16.3. The number of ether oxygens (including phenoxy) is 1. The largest absolute Gasteiger partial charge is 0.475 e. The van der Waals surface area contributed by atoms with E-state index in [2.05, 4.69) is 66.2 Å². The molecule has 1 N–H and O–H groups in total. The predicted molar refractivity (Wildman–Crippen MR) is 190 cm³/mol. The number of nitrogens with one attached hydrogen (secondary N) is 1. The Labute approximate surface area is 289 Å². The van der Waals surface area contributed by atoms with E-state index >= 15 is 0 Å². The summed E-state index contributed by atoms with van der Waals surface area (Å²) in [6.45, 7) is 17.6. The van der Waals surface area contributed by atoms with Crippen LogP contribution >= 0.6 is 0 Å². The lowest BCUT2D eigenvalue weighted by atomic mass is 9.87. The van der Waals surface area contributed by atoms with Crippen molar-refractivity contribution in [3.8, 4) is 17.1 Å². The maximum Gasteiger partial charge on any atom is 0.281 e. The number of aryl methyl sites for hydroxylation is 2. The molecule has 1 amide bonds. The van der Waals surface area contributed by atoms with Crippen LogP contribution in [-0.4, -0.2) is 70.4 Å². The van der Waals surface area contributed by atoms with E-state index < -0.39 is 22.0 Å². The van der Waals surface area contributed by atoms with Crippen LogP contribution < -0.4 is 14.4 Å². The van der Waals surface area contributed by atoms with E-state index in [9.17, 15) is 13.2 Å². The lowest BCUT2D eigenvalue weighted by Gasteiger charge is -2.35. The number of fused-ring (bicyclic) bond motifs is 4. The zero-order chi connectivity index (χ0) is 35.7. The number of benzene rings is 1. The number of anilines is 2. The van der Waals surface area contributed by atoms with Gasteiger partial charge >= 0.3 is 0 Å². The summed E-state index contributed by atoms with van der Waals surface area (Å²) < 4.78 is 36.1. The first-order chi connectivity index (χ1) is 22.9. The van der Waals surface area contributed by atoms with Crippen LogP contribution in [0.25, 0.3) is 11.3 Å². The minimum atomic E-state index is -4.29. The molecule has 0 saturated heterocycles. The molecule has 0 fully saturated rings. The summed E-state index contributed by atoms with van der Waals surface area (Å²) in [7, 11) is -2.33. The summed E-state index contributed by atoms with van der Waals surface area (Å²) in [4.78, 5) is 40.9. The minimum absolute atomic E-state index is 0.0256. The quantitative estimate of drug-likeness (QED) is 0.254. The fourth-order valence-electron chi connectivity index (χ4n) is 6.03. The Kier molecular flexibility index (Phi) is 9.96. The fourth-order valence-corrected chi connectivity index (χ4v) is 6.94. The Morgan fingerprint density at radius 3 is 2.29 bits per heavy atom. The van der Waals surface area contributed by atoms with Crippen LogP contribution in [0.4, 0.5) is 11.8 Å². The van der Waals surface area contributed by atoms with Gasteiger partial charge in [-0.05, 0) is 54.4 Å². The van der Waals surface area contributed by atoms with Crippen molar-refractivity contribution in [2.24, 2.45) is 10.8 Å². The van der Waals surface area contributed by atoms with Gasteiger partial charge in [-0.15, -0.1) is 0 Å². The Bertz CT molecular complexity index is 1930. The molecule has 49 heavy (non-hydrogen) atoms. The number of nitrogens with zero attached hydrogens (tertiary/aromatic N) is 7. The molecule has 4 heterocycles. The van der Waals surface area contributed by atoms with E-state index in [0.29, 0.717) is 23.6 Å². The number of hydrogen-bond donors (Lipinski definition) is 1. The van der Waals surface area contributed by atoms with Gasteiger partial charge in [0.25, 0.3) is 15.9 Å². The summed E-state index contributed by atoms with van der Waals surface area (Å²) in [5.41, 5.74) is 3.62. The number of hydrogen-bond acceptors (Lipinski definition) is 10. The molecule has 1 aliphatic rings. The van der Waals surface area contributed by atoms with Crippen molar-refractivity contribution in [3.63, 3.8) is 0 Å². The standard InChI is InChI=1S/C36H46N8O4S/c1-23-12-10-13-24(2)32(23)28-16-30-41-34(40-28)42-49(46,47)31-15-11-14-27(39-31)33(45)44(26(21-48-30)17-35(3,4)5)20-25-18-37-19-29(38-25)43(9)22-36(6,7)8/h10-16,18-19,26H,17,20-22H2,1-9H3,(H,40,41,42)/t26-/m1/s1. The lowest BCUT2D eigenvalue weighted by Crippen LogP contribution is -2.45. The molecule has 1 atom stereocenters. The second kappa shape index (κ2) is 13.7. The maximum atomic E-state index is 14.4. The SMILES string of the molecule is Cc1cccc(C)c1-c1cc2nc(n1)NS(=O)(=O)c1cccc(n1)C(=O)N(Cc1cncc(N(C)CC(C)(C)C)n1)[C@H](CC(C)(C)C)CO2. The molecule has 4 bridgehead atoms. The average molecular weight is 687 g/mol. The van der Waals surface area contributed by atoms with Gasteiger partial charge in [0.1, 0.15) is 18.1 Å².